The lowest BCUT2D eigenvalue weighted by molar-refractivity contribution is 0.102. The van der Waals surface area contributed by atoms with Crippen molar-refractivity contribution in [3.63, 3.8) is 0 Å². The minimum atomic E-state index is -0.294. The quantitative estimate of drug-likeness (QED) is 0.619. The van der Waals surface area contributed by atoms with Crippen LogP contribution < -0.4 is 16.4 Å². The Bertz CT molecular complexity index is 1020. The van der Waals surface area contributed by atoms with Crippen molar-refractivity contribution in [1.82, 2.24) is 9.97 Å². The van der Waals surface area contributed by atoms with Gasteiger partial charge in [0.2, 0.25) is 0 Å². The predicted molar refractivity (Wildman–Crippen MR) is 108 cm³/mol. The van der Waals surface area contributed by atoms with E-state index in [1.807, 2.05) is 0 Å². The number of hydrogen-bond acceptors (Lipinski definition) is 8. The van der Waals surface area contributed by atoms with Gasteiger partial charge in [0.05, 0.1) is 17.4 Å². The number of nitrogens with one attached hydrogen (secondary N) is 2. The van der Waals surface area contributed by atoms with Gasteiger partial charge in [0.1, 0.15) is 27.1 Å². The first-order valence-corrected chi connectivity index (χ1v) is 10.5. The third-order valence-electron chi connectivity index (χ3n) is 4.69. The summed E-state index contributed by atoms with van der Waals surface area (Å²) in [5.74, 6) is 0.336. The molecule has 1 aliphatic rings. The highest BCUT2D eigenvalue weighted by Crippen LogP contribution is 2.27. The van der Waals surface area contributed by atoms with E-state index >= 15 is 0 Å². The molecule has 7 nitrogen and oxygen atoms in total. The number of thiophene rings is 2. The maximum atomic E-state index is 12.7. The molecule has 1 amide bonds. The molecule has 3 heterocycles. The van der Waals surface area contributed by atoms with Crippen LogP contribution in [-0.4, -0.2) is 28.0 Å². The van der Waals surface area contributed by atoms with E-state index in [1.165, 1.54) is 22.7 Å². The van der Waals surface area contributed by atoms with Crippen molar-refractivity contribution < 1.29 is 4.79 Å². The molecular formula is C18H18N6OS2. The van der Waals surface area contributed by atoms with Crippen LogP contribution in [0.3, 0.4) is 0 Å². The molecule has 0 bridgehead atoms. The van der Waals surface area contributed by atoms with E-state index in [0.717, 1.165) is 25.7 Å². The molecule has 1 aliphatic carbocycles. The van der Waals surface area contributed by atoms with E-state index in [1.54, 1.807) is 23.0 Å². The molecule has 0 radical (unpaired) electrons. The summed E-state index contributed by atoms with van der Waals surface area (Å²) in [7, 11) is 0. The second-order valence-electron chi connectivity index (χ2n) is 6.49. The Kier molecular flexibility index (Phi) is 5.03. The van der Waals surface area contributed by atoms with E-state index in [4.69, 9.17) is 11.0 Å². The first-order valence-electron chi connectivity index (χ1n) is 8.71. The van der Waals surface area contributed by atoms with Gasteiger partial charge in [-0.25, -0.2) is 9.97 Å². The third kappa shape index (κ3) is 3.64. The number of nitriles is 1. The Hall–Kier alpha value is -2.54. The summed E-state index contributed by atoms with van der Waals surface area (Å²) in [5, 5.41) is 18.8. The zero-order valence-corrected chi connectivity index (χ0v) is 16.1. The molecule has 0 spiro atoms. The standard InChI is InChI=1S/C18H18N6OS2/c19-7-14-13(5-6-26-14)23-17(25)10-9-27-18-16(10)24-15(8-21-18)22-12-4-2-1-3-11(12)20/h5-6,8-9,11-12H,1-4,20H2,(H,22,24)(H,23,25)/t11-,12+/m0/s1. The molecule has 2 atom stereocenters. The number of aromatic nitrogens is 2. The minimum Gasteiger partial charge on any atom is -0.364 e. The van der Waals surface area contributed by atoms with Crippen molar-refractivity contribution in [2.24, 2.45) is 5.73 Å². The van der Waals surface area contributed by atoms with Gasteiger partial charge in [-0.3, -0.25) is 4.79 Å². The maximum absolute atomic E-state index is 12.7. The number of carbonyl (C=O) groups excluding carboxylic acids is 1. The normalized spacial score (nSPS) is 19.6. The van der Waals surface area contributed by atoms with Crippen molar-refractivity contribution in [2.75, 3.05) is 10.6 Å². The third-order valence-corrected chi connectivity index (χ3v) is 6.39. The topological polar surface area (TPSA) is 117 Å². The molecule has 138 valence electrons. The van der Waals surface area contributed by atoms with Gasteiger partial charge >= 0.3 is 0 Å². The first kappa shape index (κ1) is 17.9. The highest BCUT2D eigenvalue weighted by molar-refractivity contribution is 7.17. The zero-order valence-electron chi connectivity index (χ0n) is 14.4. The molecule has 1 fully saturated rings. The number of amides is 1. The van der Waals surface area contributed by atoms with Crippen LogP contribution in [0.15, 0.2) is 23.0 Å². The fourth-order valence-corrected chi connectivity index (χ4v) is 4.72. The molecule has 27 heavy (non-hydrogen) atoms. The Morgan fingerprint density at radius 2 is 2.19 bits per heavy atom. The van der Waals surface area contributed by atoms with E-state index in [0.29, 0.717) is 32.3 Å². The van der Waals surface area contributed by atoms with Crippen LogP contribution in [0.5, 0.6) is 0 Å². The number of rotatable bonds is 4. The number of carbonyl (C=O) groups is 1. The van der Waals surface area contributed by atoms with Gasteiger partial charge in [-0.05, 0) is 24.3 Å². The van der Waals surface area contributed by atoms with Gasteiger partial charge in [0.15, 0.2) is 0 Å². The molecule has 1 saturated carbocycles. The number of anilines is 2. The van der Waals surface area contributed by atoms with Gasteiger partial charge in [-0.1, -0.05) is 12.8 Å². The van der Waals surface area contributed by atoms with Gasteiger partial charge in [-0.2, -0.15) is 5.26 Å². The van der Waals surface area contributed by atoms with Crippen LogP contribution in [0.1, 0.15) is 40.9 Å². The Labute approximate surface area is 164 Å². The van der Waals surface area contributed by atoms with Crippen LogP contribution in [-0.2, 0) is 0 Å². The Morgan fingerprint density at radius 1 is 1.33 bits per heavy atom. The molecule has 0 unspecified atom stereocenters. The number of fused-ring (bicyclic) bond motifs is 1. The Morgan fingerprint density at radius 3 is 3.00 bits per heavy atom. The summed E-state index contributed by atoms with van der Waals surface area (Å²) in [6.07, 6.45) is 6.00. The number of nitrogens with zero attached hydrogens (tertiary/aromatic N) is 3. The van der Waals surface area contributed by atoms with Crippen molar-refractivity contribution in [2.45, 2.75) is 37.8 Å². The minimum absolute atomic E-state index is 0.101. The highest BCUT2D eigenvalue weighted by Gasteiger charge is 2.23. The first-order chi connectivity index (χ1) is 13.2. The predicted octanol–water partition coefficient (Wildman–Crippen LogP) is 3.56. The SMILES string of the molecule is N#Cc1sccc1NC(=O)c1csc2ncc(N[C@@H]3CCCC[C@@H]3N)nc12. The second-order valence-corrected chi connectivity index (χ2v) is 8.26. The van der Waals surface area contributed by atoms with Crippen molar-refractivity contribution in [3.05, 3.63) is 33.5 Å². The lowest BCUT2D eigenvalue weighted by Gasteiger charge is -2.29. The summed E-state index contributed by atoms with van der Waals surface area (Å²) < 4.78 is 0. The summed E-state index contributed by atoms with van der Waals surface area (Å²) >= 11 is 2.66. The van der Waals surface area contributed by atoms with Gasteiger partial charge in [0, 0.05) is 17.5 Å². The van der Waals surface area contributed by atoms with Crippen molar-refractivity contribution in [1.29, 1.82) is 5.26 Å². The largest absolute Gasteiger partial charge is 0.364 e. The van der Waals surface area contributed by atoms with Gasteiger partial charge in [0.25, 0.3) is 5.91 Å². The average molecular weight is 399 g/mol. The van der Waals surface area contributed by atoms with Crippen LogP contribution in [0.25, 0.3) is 10.3 Å². The molecule has 9 heteroatoms. The van der Waals surface area contributed by atoms with E-state index in [-0.39, 0.29) is 18.0 Å². The molecule has 4 rings (SSSR count). The van der Waals surface area contributed by atoms with Crippen molar-refractivity contribution >= 4 is 50.4 Å². The summed E-state index contributed by atoms with van der Waals surface area (Å²) in [6, 6.07) is 4.07. The molecule has 0 aliphatic heterocycles. The van der Waals surface area contributed by atoms with Crippen LogP contribution >= 0.6 is 22.7 Å². The van der Waals surface area contributed by atoms with Gasteiger partial charge < -0.3 is 16.4 Å². The highest BCUT2D eigenvalue weighted by atomic mass is 32.1. The second kappa shape index (κ2) is 7.60. The van der Waals surface area contributed by atoms with Crippen LogP contribution in [0.2, 0.25) is 0 Å². The zero-order chi connectivity index (χ0) is 18.8. The maximum Gasteiger partial charge on any atom is 0.258 e. The lowest BCUT2D eigenvalue weighted by Crippen LogP contribution is -2.42. The number of nitrogens with two attached hydrogens (primary N) is 1. The smallest absolute Gasteiger partial charge is 0.258 e. The van der Waals surface area contributed by atoms with Crippen molar-refractivity contribution in [3.8, 4) is 6.07 Å². The summed E-state index contributed by atoms with van der Waals surface area (Å²) in [5.41, 5.74) is 7.73. The van der Waals surface area contributed by atoms with Crippen LogP contribution in [0, 0.1) is 11.3 Å². The summed E-state index contributed by atoms with van der Waals surface area (Å²) in [6.45, 7) is 0. The summed E-state index contributed by atoms with van der Waals surface area (Å²) in [4.78, 5) is 22.9. The van der Waals surface area contributed by atoms with E-state index in [9.17, 15) is 4.79 Å². The van der Waals surface area contributed by atoms with E-state index in [2.05, 4.69) is 26.7 Å². The fourth-order valence-electron chi connectivity index (χ4n) is 3.25. The molecule has 3 aromatic rings. The molecule has 3 aromatic heterocycles. The monoisotopic (exact) mass is 398 g/mol. The Balaban J connectivity index is 1.58. The van der Waals surface area contributed by atoms with E-state index < -0.39 is 0 Å². The van der Waals surface area contributed by atoms with Gasteiger partial charge in [-0.15, -0.1) is 22.7 Å². The molecular weight excluding hydrogens is 380 g/mol. The molecule has 4 N–H and O–H groups in total. The number of hydrogen-bond donors (Lipinski definition) is 3. The average Bonchev–Trinajstić information content (AvgIpc) is 3.29. The molecule has 0 aromatic carbocycles. The lowest BCUT2D eigenvalue weighted by atomic mass is 9.91. The fraction of sp³-hybridized carbons (Fsp3) is 0.333. The molecule has 0 saturated heterocycles. The van der Waals surface area contributed by atoms with Crippen LogP contribution in [0.4, 0.5) is 11.5 Å².